The van der Waals surface area contributed by atoms with Gasteiger partial charge in [-0.3, -0.25) is 9.78 Å². The highest BCUT2D eigenvalue weighted by atomic mass is 16.1. The van der Waals surface area contributed by atoms with Crippen LogP contribution < -0.4 is 16.4 Å². The lowest BCUT2D eigenvalue weighted by molar-refractivity contribution is -0.119. The minimum Gasteiger partial charge on any atom is -0.368 e. The summed E-state index contributed by atoms with van der Waals surface area (Å²) in [7, 11) is 0. The van der Waals surface area contributed by atoms with Crippen LogP contribution in [-0.4, -0.2) is 23.5 Å². The number of carbonyl (C=O) groups is 1. The quantitative estimate of drug-likeness (QED) is 0.750. The van der Waals surface area contributed by atoms with Crippen LogP contribution in [-0.2, 0) is 11.3 Å². The Morgan fingerprint density at radius 3 is 3.12 bits per heavy atom. The van der Waals surface area contributed by atoms with E-state index in [2.05, 4.69) is 4.98 Å². The van der Waals surface area contributed by atoms with E-state index in [4.69, 9.17) is 11.5 Å². The van der Waals surface area contributed by atoms with Crippen LogP contribution in [0.3, 0.4) is 0 Å². The van der Waals surface area contributed by atoms with Crippen molar-refractivity contribution in [2.75, 3.05) is 11.4 Å². The van der Waals surface area contributed by atoms with Gasteiger partial charge in [0.05, 0.1) is 11.9 Å². The normalized spacial score (nSPS) is 20.1. The van der Waals surface area contributed by atoms with Gasteiger partial charge in [-0.15, -0.1) is 0 Å². The van der Waals surface area contributed by atoms with Crippen molar-refractivity contribution < 1.29 is 4.79 Å². The van der Waals surface area contributed by atoms with Gasteiger partial charge in [-0.05, 0) is 24.5 Å². The zero-order chi connectivity index (χ0) is 11.5. The van der Waals surface area contributed by atoms with Gasteiger partial charge in [-0.1, -0.05) is 0 Å². The van der Waals surface area contributed by atoms with E-state index in [9.17, 15) is 4.79 Å². The second-order valence-corrected chi connectivity index (χ2v) is 3.96. The molecule has 0 radical (unpaired) electrons. The molecule has 1 atom stereocenters. The number of hydrogen-bond acceptors (Lipinski definition) is 4. The number of hydrogen-bond donors (Lipinski definition) is 2. The molecule has 16 heavy (non-hydrogen) atoms. The van der Waals surface area contributed by atoms with Crippen LogP contribution in [0.15, 0.2) is 18.5 Å². The number of primary amides is 1. The summed E-state index contributed by atoms with van der Waals surface area (Å²) in [4.78, 5) is 17.4. The molecule has 0 bridgehead atoms. The summed E-state index contributed by atoms with van der Waals surface area (Å²) in [6, 6.07) is 1.67. The van der Waals surface area contributed by atoms with Crippen molar-refractivity contribution in [2.24, 2.45) is 11.5 Å². The lowest BCUT2D eigenvalue weighted by Gasteiger charge is -2.25. The number of nitrogens with zero attached hydrogens (tertiary/aromatic N) is 2. The third-order valence-electron chi connectivity index (χ3n) is 3.00. The Labute approximate surface area is 94.4 Å². The van der Waals surface area contributed by atoms with Gasteiger partial charge in [0.15, 0.2) is 0 Å². The second-order valence-electron chi connectivity index (χ2n) is 3.96. The number of pyridine rings is 1. The van der Waals surface area contributed by atoms with Crippen LogP contribution in [0, 0.1) is 0 Å². The maximum Gasteiger partial charge on any atom is 0.240 e. The minimum absolute atomic E-state index is 0.213. The molecule has 1 aromatic rings. The van der Waals surface area contributed by atoms with Gasteiger partial charge in [0, 0.05) is 19.3 Å². The highest BCUT2D eigenvalue weighted by molar-refractivity contribution is 5.84. The molecule has 1 saturated heterocycles. The van der Waals surface area contributed by atoms with E-state index < -0.39 is 0 Å². The third-order valence-corrected chi connectivity index (χ3v) is 3.00. The van der Waals surface area contributed by atoms with E-state index in [0.717, 1.165) is 30.6 Å². The Bertz CT molecular complexity index is 393. The number of rotatable bonds is 3. The molecule has 1 aliphatic heterocycles. The van der Waals surface area contributed by atoms with Gasteiger partial charge in [-0.25, -0.2) is 0 Å². The Morgan fingerprint density at radius 1 is 1.62 bits per heavy atom. The fourth-order valence-electron chi connectivity index (χ4n) is 2.20. The molecule has 1 unspecified atom stereocenters. The van der Waals surface area contributed by atoms with Crippen molar-refractivity contribution in [3.63, 3.8) is 0 Å². The van der Waals surface area contributed by atoms with Gasteiger partial charge in [0.2, 0.25) is 5.91 Å². The van der Waals surface area contributed by atoms with Crippen molar-refractivity contribution in [1.29, 1.82) is 0 Å². The molecule has 86 valence electrons. The van der Waals surface area contributed by atoms with Gasteiger partial charge >= 0.3 is 0 Å². The average Bonchev–Trinajstić information content (AvgIpc) is 2.77. The van der Waals surface area contributed by atoms with E-state index >= 15 is 0 Å². The number of nitrogens with two attached hydrogens (primary N) is 2. The summed E-state index contributed by atoms with van der Waals surface area (Å²) in [6.45, 7) is 1.28. The first-order valence-electron chi connectivity index (χ1n) is 5.43. The van der Waals surface area contributed by atoms with Gasteiger partial charge in [-0.2, -0.15) is 0 Å². The molecule has 2 rings (SSSR count). The predicted molar refractivity (Wildman–Crippen MR) is 61.7 cm³/mol. The zero-order valence-electron chi connectivity index (χ0n) is 9.10. The van der Waals surface area contributed by atoms with Crippen LogP contribution >= 0.6 is 0 Å². The highest BCUT2D eigenvalue weighted by Gasteiger charge is 2.30. The molecule has 0 aliphatic carbocycles. The van der Waals surface area contributed by atoms with Crippen LogP contribution in [0.4, 0.5) is 5.69 Å². The molecule has 4 N–H and O–H groups in total. The SMILES string of the molecule is NCc1ccncc1N1CCCC1C(N)=O. The Hall–Kier alpha value is -1.62. The second kappa shape index (κ2) is 4.49. The third kappa shape index (κ3) is 1.86. The maximum atomic E-state index is 11.3. The summed E-state index contributed by atoms with van der Waals surface area (Å²) in [5.74, 6) is -0.274. The highest BCUT2D eigenvalue weighted by Crippen LogP contribution is 2.27. The molecular formula is C11H16N4O. The van der Waals surface area contributed by atoms with E-state index in [-0.39, 0.29) is 11.9 Å². The zero-order valence-corrected chi connectivity index (χ0v) is 9.10. The summed E-state index contributed by atoms with van der Waals surface area (Å²) >= 11 is 0. The summed E-state index contributed by atoms with van der Waals surface area (Å²) in [5.41, 5.74) is 13.0. The lowest BCUT2D eigenvalue weighted by Crippen LogP contribution is -2.40. The van der Waals surface area contributed by atoms with E-state index in [0.29, 0.717) is 6.54 Å². The van der Waals surface area contributed by atoms with Gasteiger partial charge in [0.25, 0.3) is 0 Å². The first-order chi connectivity index (χ1) is 7.74. The number of anilines is 1. The average molecular weight is 220 g/mol. The molecule has 0 aromatic carbocycles. The molecule has 1 aromatic heterocycles. The van der Waals surface area contributed by atoms with Crippen LogP contribution in [0.5, 0.6) is 0 Å². The molecule has 2 heterocycles. The van der Waals surface area contributed by atoms with Crippen molar-refractivity contribution in [3.05, 3.63) is 24.0 Å². The number of carbonyl (C=O) groups excluding carboxylic acids is 1. The molecule has 1 amide bonds. The van der Waals surface area contributed by atoms with Crippen molar-refractivity contribution in [3.8, 4) is 0 Å². The summed E-state index contributed by atoms with van der Waals surface area (Å²) < 4.78 is 0. The monoisotopic (exact) mass is 220 g/mol. The first kappa shape index (κ1) is 10.9. The minimum atomic E-state index is -0.274. The topological polar surface area (TPSA) is 85.2 Å². The van der Waals surface area contributed by atoms with Crippen molar-refractivity contribution >= 4 is 11.6 Å². The fourth-order valence-corrected chi connectivity index (χ4v) is 2.20. The van der Waals surface area contributed by atoms with Crippen LogP contribution in [0.2, 0.25) is 0 Å². The van der Waals surface area contributed by atoms with Gasteiger partial charge < -0.3 is 16.4 Å². The van der Waals surface area contributed by atoms with Crippen molar-refractivity contribution in [1.82, 2.24) is 4.98 Å². The molecule has 5 nitrogen and oxygen atoms in total. The standard InChI is InChI=1S/C11H16N4O/c12-6-8-3-4-14-7-10(8)15-5-1-2-9(15)11(13)16/h3-4,7,9H,1-2,5-6,12H2,(H2,13,16). The molecule has 0 saturated carbocycles. The number of amides is 1. The number of aromatic nitrogens is 1. The van der Waals surface area contributed by atoms with Crippen molar-refractivity contribution in [2.45, 2.75) is 25.4 Å². The molecule has 1 aliphatic rings. The van der Waals surface area contributed by atoms with E-state index in [1.807, 2.05) is 11.0 Å². The van der Waals surface area contributed by atoms with E-state index in [1.54, 1.807) is 12.4 Å². The maximum absolute atomic E-state index is 11.3. The molecular weight excluding hydrogens is 204 g/mol. The smallest absolute Gasteiger partial charge is 0.240 e. The Kier molecular flexibility index (Phi) is 3.05. The van der Waals surface area contributed by atoms with Crippen LogP contribution in [0.25, 0.3) is 0 Å². The molecule has 0 spiro atoms. The Balaban J connectivity index is 2.32. The Morgan fingerprint density at radius 2 is 2.44 bits per heavy atom. The van der Waals surface area contributed by atoms with Gasteiger partial charge in [0.1, 0.15) is 6.04 Å². The first-order valence-corrected chi connectivity index (χ1v) is 5.43. The van der Waals surface area contributed by atoms with Crippen LogP contribution in [0.1, 0.15) is 18.4 Å². The fraction of sp³-hybridized carbons (Fsp3) is 0.455. The summed E-state index contributed by atoms with van der Waals surface area (Å²) in [5, 5.41) is 0. The largest absolute Gasteiger partial charge is 0.368 e. The lowest BCUT2D eigenvalue weighted by atomic mass is 10.1. The summed E-state index contributed by atoms with van der Waals surface area (Å²) in [6.07, 6.45) is 5.26. The van der Waals surface area contributed by atoms with E-state index in [1.165, 1.54) is 0 Å². The predicted octanol–water partition coefficient (Wildman–Crippen LogP) is -0.00560. The molecule has 5 heteroatoms. The molecule has 1 fully saturated rings.